The minimum absolute atomic E-state index is 0.0606. The molecule has 10 atom stereocenters. The van der Waals surface area contributed by atoms with Crippen molar-refractivity contribution in [1.29, 1.82) is 0 Å². The Morgan fingerprint density at radius 2 is 1.31 bits per heavy atom. The predicted octanol–water partition coefficient (Wildman–Crippen LogP) is 10.9. The number of carbonyl (C=O) groups is 3. The summed E-state index contributed by atoms with van der Waals surface area (Å²) in [5, 5.41) is 3.79. The van der Waals surface area contributed by atoms with E-state index in [1.807, 2.05) is 126 Å². The van der Waals surface area contributed by atoms with Gasteiger partial charge in [0.1, 0.15) is 61.0 Å². The monoisotopic (exact) mass is 1180 g/mol. The molecule has 0 unspecified atom stereocenters. The zero-order chi connectivity index (χ0) is 56.0. The summed E-state index contributed by atoms with van der Waals surface area (Å²) in [5.41, 5.74) is 12.0. The van der Waals surface area contributed by atoms with E-state index in [4.69, 9.17) is 80.8 Å². The van der Waals surface area contributed by atoms with Crippen LogP contribution in [0.5, 0.6) is 0 Å². The average Bonchev–Trinajstić information content (AvgIpc) is 3.39. The van der Waals surface area contributed by atoms with Crippen molar-refractivity contribution >= 4 is 83.0 Å². The van der Waals surface area contributed by atoms with Crippen LogP contribution in [0.25, 0.3) is 10.4 Å². The van der Waals surface area contributed by atoms with Crippen molar-refractivity contribution < 1.29 is 68.8 Å². The highest BCUT2D eigenvalue weighted by molar-refractivity contribution is 7.99. The third-order valence-corrected chi connectivity index (χ3v) is 19.6. The van der Waals surface area contributed by atoms with Gasteiger partial charge in [-0.15, -0.1) is 0 Å². The minimum Gasteiger partial charge on any atom is -0.463 e. The number of alkyl halides is 3. The van der Waals surface area contributed by atoms with Crippen LogP contribution < -0.4 is 0 Å². The number of ether oxygens (including phenoxy) is 7. The molecule has 2 aliphatic heterocycles. The zero-order valence-electron chi connectivity index (χ0n) is 43.6. The van der Waals surface area contributed by atoms with Crippen LogP contribution in [0.2, 0.25) is 18.1 Å². The Hall–Kier alpha value is -4.13. The van der Waals surface area contributed by atoms with E-state index in [1.165, 1.54) is 18.7 Å². The highest BCUT2D eigenvalue weighted by Crippen LogP contribution is 2.43. The molecule has 2 aliphatic rings. The van der Waals surface area contributed by atoms with E-state index in [2.05, 4.69) is 10.0 Å². The first-order valence-electron chi connectivity index (χ1n) is 24.7. The van der Waals surface area contributed by atoms with Gasteiger partial charge in [-0.05, 0) is 72.9 Å². The molecule has 18 nitrogen and oxygen atoms in total. The van der Waals surface area contributed by atoms with Crippen LogP contribution in [0.15, 0.2) is 125 Å². The van der Waals surface area contributed by atoms with Crippen LogP contribution in [0.4, 0.5) is 0 Å². The highest BCUT2D eigenvalue weighted by Gasteiger charge is 2.56. The van der Waals surface area contributed by atoms with Gasteiger partial charge in [0.2, 0.25) is 3.79 Å². The third kappa shape index (κ3) is 19.0. The van der Waals surface area contributed by atoms with E-state index in [9.17, 15) is 28.3 Å². The van der Waals surface area contributed by atoms with Crippen LogP contribution in [-0.2, 0) is 79.2 Å². The molecular formula is C53H64Cl3N3O15S2Si. The second-order valence-corrected chi connectivity index (χ2v) is 29.6. The third-order valence-electron chi connectivity index (χ3n) is 12.8. The lowest BCUT2D eigenvalue weighted by Crippen LogP contribution is -2.66. The first-order chi connectivity index (χ1) is 36.4. The lowest BCUT2D eigenvalue weighted by Gasteiger charge is -2.51. The Bertz CT molecular complexity index is 2710. The molecule has 0 saturated carbocycles. The number of hydrogen-bond acceptors (Lipinski definition) is 17. The molecule has 4 aromatic rings. The Labute approximate surface area is 470 Å². The lowest BCUT2D eigenvalue weighted by atomic mass is 9.95. The molecule has 0 amide bonds. The number of ketones is 1. The van der Waals surface area contributed by atoms with Crippen molar-refractivity contribution in [3.05, 3.63) is 148 Å². The van der Waals surface area contributed by atoms with Crippen molar-refractivity contribution in [2.75, 3.05) is 19.8 Å². The number of aryl methyl sites for hydroxylation is 1. The Kier molecular flexibility index (Phi) is 22.8. The smallest absolute Gasteiger partial charge is 0.400 e. The molecule has 2 heterocycles. The standard InChI is InChI=1S/C53H64Cl3N3O15S2Si/c1-34-23-26-39(27-24-34)75-51-48(72-49(62)38-21-15-10-16-22-38)47(67-30-37-19-13-9-14-20-37)44(40(71-51)31-65-42(61)28-25-35(2)60)73-50-43(58-59-57)46(66-29-36-17-11-8-12-18-36)45(74-77(6,7)52(3,4)5)41(70-50)32-68-76(63,64)69-33-53(54,55)56/h8-24,26-27,40-41,43-48,50-51H,25,28-33H2,1-7H3/t40-,41-,43-,44-,45-,46-,47+,48-,50-,51+/m1/s1. The molecule has 0 aliphatic carbocycles. The average molecular weight is 1180 g/mol. The summed E-state index contributed by atoms with van der Waals surface area (Å²) in [6.45, 7) is 10.9. The molecule has 6 rings (SSSR count). The molecule has 77 heavy (non-hydrogen) atoms. The number of hydrogen-bond donors (Lipinski definition) is 0. The zero-order valence-corrected chi connectivity index (χ0v) is 48.5. The lowest BCUT2D eigenvalue weighted by molar-refractivity contribution is -0.320. The number of rotatable bonds is 25. The fourth-order valence-corrected chi connectivity index (χ4v) is 11.3. The maximum atomic E-state index is 14.3. The summed E-state index contributed by atoms with van der Waals surface area (Å²) >= 11 is 18.8. The van der Waals surface area contributed by atoms with E-state index >= 15 is 0 Å². The van der Waals surface area contributed by atoms with Gasteiger partial charge in [0.25, 0.3) is 0 Å². The van der Waals surface area contributed by atoms with Crippen molar-refractivity contribution in [2.45, 2.75) is 148 Å². The van der Waals surface area contributed by atoms with E-state index < -0.39 is 120 Å². The fourth-order valence-electron chi connectivity index (χ4n) is 7.81. The van der Waals surface area contributed by atoms with Gasteiger partial charge in [0, 0.05) is 16.2 Å². The Morgan fingerprint density at radius 1 is 0.740 bits per heavy atom. The van der Waals surface area contributed by atoms with Crippen LogP contribution in [0.3, 0.4) is 0 Å². The summed E-state index contributed by atoms with van der Waals surface area (Å²) in [5.74, 6) is -1.68. The number of esters is 2. The van der Waals surface area contributed by atoms with E-state index in [1.54, 1.807) is 30.3 Å². The first-order valence-corrected chi connectivity index (χ1v) is 30.9. The molecule has 0 bridgehead atoms. The van der Waals surface area contributed by atoms with Crippen molar-refractivity contribution in [2.24, 2.45) is 5.11 Å². The van der Waals surface area contributed by atoms with Gasteiger partial charge in [-0.3, -0.25) is 4.79 Å². The molecule has 418 valence electrons. The molecule has 4 aromatic carbocycles. The second kappa shape index (κ2) is 28.3. The molecule has 0 radical (unpaired) electrons. The van der Waals surface area contributed by atoms with Gasteiger partial charge in [-0.25, -0.2) is 13.2 Å². The van der Waals surface area contributed by atoms with Crippen LogP contribution >= 0.6 is 46.6 Å². The number of halogens is 3. The first kappa shape index (κ1) is 62.1. The maximum absolute atomic E-state index is 14.3. The number of azide groups is 1. The topological polar surface area (TPSA) is 226 Å². The SMILES string of the molecule is CC(=O)CCC(=O)OC[C@H]1O[C@@H](Sc2ccc(C)cc2)[C@H](OC(=O)c2ccccc2)[C@@H](OCc2ccccc2)[C@@H]1O[C@H]1O[C@H](COS(=O)(=O)OCC(Cl)(Cl)Cl)[C@@H](O[Si](C)(C)C(C)(C)C)[C@H](OCc2ccccc2)[C@H]1N=[N+]=[N-]. The summed E-state index contributed by atoms with van der Waals surface area (Å²) in [7, 11) is -7.80. The molecule has 0 spiro atoms. The van der Waals surface area contributed by atoms with Gasteiger partial charge in [-0.2, -0.15) is 8.42 Å². The van der Waals surface area contributed by atoms with Gasteiger partial charge in [0.05, 0.1) is 37.9 Å². The molecule has 2 fully saturated rings. The number of Topliss-reactive ketones (excluding diaryl/α,β-unsaturated/α-hetero) is 1. The highest BCUT2D eigenvalue weighted by atomic mass is 35.6. The summed E-state index contributed by atoms with van der Waals surface area (Å²) in [4.78, 5) is 43.6. The van der Waals surface area contributed by atoms with Crippen LogP contribution in [0, 0.1) is 6.92 Å². The maximum Gasteiger partial charge on any atom is 0.400 e. The normalized spacial score (nSPS) is 24.1. The van der Waals surface area contributed by atoms with E-state index in [0.29, 0.717) is 0 Å². The van der Waals surface area contributed by atoms with Gasteiger partial charge in [0.15, 0.2) is 20.7 Å². The number of nitrogens with zero attached hydrogens (tertiary/aromatic N) is 3. The van der Waals surface area contributed by atoms with Gasteiger partial charge in [-0.1, -0.05) is 169 Å². The summed E-state index contributed by atoms with van der Waals surface area (Å²) in [6.07, 6.45) is -11.3. The fraction of sp³-hybridized carbons (Fsp3) is 0.491. The molecule has 0 N–H and O–H groups in total. The number of benzene rings is 4. The number of carbonyl (C=O) groups excluding carboxylic acids is 3. The van der Waals surface area contributed by atoms with Crippen LogP contribution in [-0.4, -0.2) is 119 Å². The Balaban J connectivity index is 1.52. The molecular weight excluding hydrogens is 1120 g/mol. The van der Waals surface area contributed by atoms with Gasteiger partial charge < -0.3 is 42.4 Å². The van der Waals surface area contributed by atoms with Crippen molar-refractivity contribution in [3.63, 3.8) is 0 Å². The molecule has 0 aromatic heterocycles. The predicted molar refractivity (Wildman–Crippen MR) is 292 cm³/mol. The van der Waals surface area contributed by atoms with Gasteiger partial charge >= 0.3 is 22.3 Å². The van der Waals surface area contributed by atoms with E-state index in [0.717, 1.165) is 21.6 Å². The minimum atomic E-state index is -4.91. The Morgan fingerprint density at radius 3 is 1.87 bits per heavy atom. The van der Waals surface area contributed by atoms with Crippen LogP contribution in [0.1, 0.15) is 67.6 Å². The summed E-state index contributed by atoms with van der Waals surface area (Å²) in [6, 6.07) is 32.7. The summed E-state index contributed by atoms with van der Waals surface area (Å²) < 4.78 is 88.5. The van der Waals surface area contributed by atoms with Crippen molar-refractivity contribution in [1.82, 2.24) is 0 Å². The number of thioether (sulfide) groups is 1. The molecule has 2 saturated heterocycles. The second-order valence-electron chi connectivity index (χ2n) is 19.9. The van der Waals surface area contributed by atoms with Crippen molar-refractivity contribution in [3.8, 4) is 0 Å². The quantitative estimate of drug-likeness (QED) is 0.0150. The largest absolute Gasteiger partial charge is 0.463 e. The van der Waals surface area contributed by atoms with E-state index in [-0.39, 0.29) is 37.4 Å². The molecule has 24 heteroatoms.